The van der Waals surface area contributed by atoms with Crippen molar-refractivity contribution in [3.63, 3.8) is 0 Å². The molecule has 108 valence electrons. The number of likely N-dealkylation sites (tertiary alicyclic amines) is 1. The summed E-state index contributed by atoms with van der Waals surface area (Å²) in [6, 6.07) is 3.06. The lowest BCUT2D eigenvalue weighted by Crippen LogP contribution is -2.51. The maximum atomic E-state index is 12.5. The molecule has 2 atom stereocenters. The summed E-state index contributed by atoms with van der Waals surface area (Å²) < 4.78 is 0. The van der Waals surface area contributed by atoms with Crippen molar-refractivity contribution >= 4 is 11.8 Å². The zero-order chi connectivity index (χ0) is 14.7. The Bertz CT molecular complexity index is 498. The van der Waals surface area contributed by atoms with Crippen molar-refractivity contribution in [3.8, 4) is 0 Å². The quantitative estimate of drug-likeness (QED) is 0.840. The summed E-state index contributed by atoms with van der Waals surface area (Å²) in [5.41, 5.74) is 11.7. The Labute approximate surface area is 118 Å². The van der Waals surface area contributed by atoms with E-state index >= 15 is 0 Å². The van der Waals surface area contributed by atoms with E-state index in [1.807, 2.05) is 11.8 Å². The monoisotopic (exact) mass is 276 g/mol. The molecule has 1 fully saturated rings. The zero-order valence-corrected chi connectivity index (χ0v) is 11.6. The highest BCUT2D eigenvalue weighted by Gasteiger charge is 2.29. The summed E-state index contributed by atoms with van der Waals surface area (Å²) in [7, 11) is 0. The Balaban J connectivity index is 2.18. The van der Waals surface area contributed by atoms with Crippen LogP contribution in [0.3, 0.4) is 0 Å². The van der Waals surface area contributed by atoms with Gasteiger partial charge in [0, 0.05) is 24.8 Å². The Hall–Kier alpha value is -1.95. The van der Waals surface area contributed by atoms with Gasteiger partial charge in [-0.3, -0.25) is 14.6 Å². The van der Waals surface area contributed by atoms with Crippen LogP contribution in [0, 0.1) is 0 Å². The van der Waals surface area contributed by atoms with E-state index in [2.05, 4.69) is 4.98 Å². The van der Waals surface area contributed by atoms with Crippen molar-refractivity contribution in [1.29, 1.82) is 0 Å². The molecule has 0 spiro atoms. The summed E-state index contributed by atoms with van der Waals surface area (Å²) in [6.07, 6.45) is 4.40. The van der Waals surface area contributed by atoms with Gasteiger partial charge in [0.2, 0.25) is 0 Å². The van der Waals surface area contributed by atoms with Gasteiger partial charge >= 0.3 is 0 Å². The molecule has 0 aliphatic carbocycles. The third kappa shape index (κ3) is 2.96. The van der Waals surface area contributed by atoms with Crippen molar-refractivity contribution in [2.75, 3.05) is 6.54 Å². The van der Waals surface area contributed by atoms with E-state index in [1.54, 1.807) is 6.07 Å². The normalized spacial score (nSPS) is 20.5. The topological polar surface area (TPSA) is 102 Å². The van der Waals surface area contributed by atoms with Crippen LogP contribution in [0.2, 0.25) is 0 Å². The van der Waals surface area contributed by atoms with Gasteiger partial charge in [0.25, 0.3) is 11.8 Å². The fraction of sp³-hybridized carbons (Fsp3) is 0.500. The molecule has 2 rings (SSSR count). The van der Waals surface area contributed by atoms with Crippen molar-refractivity contribution in [2.24, 2.45) is 11.5 Å². The number of nitrogens with two attached hydrogens (primary N) is 2. The highest BCUT2D eigenvalue weighted by atomic mass is 16.2. The van der Waals surface area contributed by atoms with Gasteiger partial charge in [-0.2, -0.15) is 0 Å². The van der Waals surface area contributed by atoms with Gasteiger partial charge < -0.3 is 16.4 Å². The third-order valence-corrected chi connectivity index (χ3v) is 3.68. The first kappa shape index (κ1) is 14.5. The summed E-state index contributed by atoms with van der Waals surface area (Å²) in [6.45, 7) is 2.63. The van der Waals surface area contributed by atoms with Gasteiger partial charge in [-0.15, -0.1) is 0 Å². The minimum atomic E-state index is -0.601. The number of primary amides is 1. The molecule has 1 aliphatic heterocycles. The van der Waals surface area contributed by atoms with Gasteiger partial charge in [-0.25, -0.2) is 0 Å². The summed E-state index contributed by atoms with van der Waals surface area (Å²) in [5.74, 6) is -0.689. The molecule has 1 aromatic heterocycles. The molecule has 0 aromatic carbocycles. The molecule has 2 amide bonds. The lowest BCUT2D eigenvalue weighted by Gasteiger charge is -2.38. The lowest BCUT2D eigenvalue weighted by molar-refractivity contribution is 0.0583. The van der Waals surface area contributed by atoms with Crippen LogP contribution in [-0.4, -0.2) is 40.3 Å². The number of aromatic nitrogens is 1. The number of carbonyl (C=O) groups is 2. The summed E-state index contributed by atoms with van der Waals surface area (Å²) >= 11 is 0. The SMILES string of the molecule is C[C@H](N)[C@H]1CCCCN1C(=O)c1ccc(C(N)=O)nc1. The Morgan fingerprint density at radius 1 is 1.40 bits per heavy atom. The number of nitrogens with zero attached hydrogens (tertiary/aromatic N) is 2. The molecule has 6 nitrogen and oxygen atoms in total. The van der Waals surface area contributed by atoms with E-state index in [0.29, 0.717) is 12.1 Å². The van der Waals surface area contributed by atoms with Crippen LogP contribution >= 0.6 is 0 Å². The van der Waals surface area contributed by atoms with E-state index < -0.39 is 5.91 Å². The van der Waals surface area contributed by atoms with E-state index in [9.17, 15) is 9.59 Å². The van der Waals surface area contributed by atoms with Crippen molar-refractivity contribution in [3.05, 3.63) is 29.6 Å². The second-order valence-corrected chi connectivity index (χ2v) is 5.22. The number of hydrogen-bond acceptors (Lipinski definition) is 4. The molecule has 0 bridgehead atoms. The Kier molecular flexibility index (Phi) is 4.34. The molecule has 20 heavy (non-hydrogen) atoms. The number of hydrogen-bond donors (Lipinski definition) is 2. The number of rotatable bonds is 3. The minimum Gasteiger partial charge on any atom is -0.364 e. The van der Waals surface area contributed by atoms with Crippen LogP contribution < -0.4 is 11.5 Å². The molecule has 1 aromatic rings. The van der Waals surface area contributed by atoms with Crippen LogP contribution in [0.25, 0.3) is 0 Å². The van der Waals surface area contributed by atoms with Gasteiger partial charge in [-0.05, 0) is 38.3 Å². The van der Waals surface area contributed by atoms with Gasteiger partial charge in [0.1, 0.15) is 5.69 Å². The Morgan fingerprint density at radius 3 is 2.70 bits per heavy atom. The van der Waals surface area contributed by atoms with Crippen LogP contribution in [0.1, 0.15) is 47.0 Å². The lowest BCUT2D eigenvalue weighted by atomic mass is 9.96. The molecule has 0 radical (unpaired) electrons. The second kappa shape index (κ2) is 6.00. The zero-order valence-electron chi connectivity index (χ0n) is 11.6. The molecule has 1 aliphatic rings. The first-order valence-corrected chi connectivity index (χ1v) is 6.83. The smallest absolute Gasteiger partial charge is 0.267 e. The minimum absolute atomic E-state index is 0.0582. The summed E-state index contributed by atoms with van der Waals surface area (Å²) in [4.78, 5) is 29.2. The van der Waals surface area contributed by atoms with Gasteiger partial charge in [0.05, 0.1) is 5.56 Å². The second-order valence-electron chi connectivity index (χ2n) is 5.22. The predicted molar refractivity (Wildman–Crippen MR) is 75.1 cm³/mol. The predicted octanol–water partition coefficient (Wildman–Crippen LogP) is 0.522. The molecule has 0 saturated carbocycles. The van der Waals surface area contributed by atoms with E-state index in [-0.39, 0.29) is 23.7 Å². The van der Waals surface area contributed by atoms with Gasteiger partial charge in [0.15, 0.2) is 0 Å². The maximum Gasteiger partial charge on any atom is 0.267 e. The molecule has 2 heterocycles. The van der Waals surface area contributed by atoms with Crippen molar-refractivity contribution < 1.29 is 9.59 Å². The van der Waals surface area contributed by atoms with E-state index in [0.717, 1.165) is 19.3 Å². The highest BCUT2D eigenvalue weighted by molar-refractivity contribution is 5.96. The highest BCUT2D eigenvalue weighted by Crippen LogP contribution is 2.21. The first-order valence-electron chi connectivity index (χ1n) is 6.83. The van der Waals surface area contributed by atoms with E-state index in [4.69, 9.17) is 11.5 Å². The fourth-order valence-electron chi connectivity index (χ4n) is 2.59. The molecular formula is C14H20N4O2. The number of amides is 2. The van der Waals surface area contributed by atoms with Crippen LogP contribution in [0.4, 0.5) is 0 Å². The Morgan fingerprint density at radius 2 is 2.15 bits per heavy atom. The maximum absolute atomic E-state index is 12.5. The van der Waals surface area contributed by atoms with Gasteiger partial charge in [-0.1, -0.05) is 0 Å². The molecular weight excluding hydrogens is 256 g/mol. The van der Waals surface area contributed by atoms with Crippen molar-refractivity contribution in [2.45, 2.75) is 38.3 Å². The first-order chi connectivity index (χ1) is 9.50. The molecule has 0 unspecified atom stereocenters. The van der Waals surface area contributed by atoms with Crippen LogP contribution in [0.15, 0.2) is 18.3 Å². The largest absolute Gasteiger partial charge is 0.364 e. The molecule has 6 heteroatoms. The van der Waals surface area contributed by atoms with E-state index in [1.165, 1.54) is 12.3 Å². The fourth-order valence-corrected chi connectivity index (χ4v) is 2.59. The van der Waals surface area contributed by atoms with Crippen molar-refractivity contribution in [1.82, 2.24) is 9.88 Å². The van der Waals surface area contributed by atoms with Crippen LogP contribution in [-0.2, 0) is 0 Å². The molecule has 4 N–H and O–H groups in total. The molecule has 1 saturated heterocycles. The number of carbonyl (C=O) groups excluding carboxylic acids is 2. The third-order valence-electron chi connectivity index (χ3n) is 3.68. The summed E-state index contributed by atoms with van der Waals surface area (Å²) in [5, 5.41) is 0. The average Bonchev–Trinajstić information content (AvgIpc) is 2.46. The standard InChI is InChI=1S/C14H20N4O2/c1-9(15)12-4-2-3-7-18(12)14(20)10-5-6-11(13(16)19)17-8-10/h5-6,8-9,12H,2-4,7,15H2,1H3,(H2,16,19)/t9-,12+/m0/s1. The van der Waals surface area contributed by atoms with Crippen LogP contribution in [0.5, 0.6) is 0 Å². The number of pyridine rings is 1. The average molecular weight is 276 g/mol. The number of piperidine rings is 1.